The third kappa shape index (κ3) is 2.33. The van der Waals surface area contributed by atoms with Gasteiger partial charge in [-0.3, -0.25) is 0 Å². The number of pyridine rings is 1. The maximum atomic E-state index is 12.6. The normalized spacial score (nSPS) is 10.2. The number of halogens is 3. The first-order valence-corrected chi connectivity index (χ1v) is 5.14. The molecule has 7 heteroatoms. The molecule has 0 amide bonds. The summed E-state index contributed by atoms with van der Waals surface area (Å²) in [7, 11) is 0. The van der Waals surface area contributed by atoms with E-state index in [9.17, 15) is 13.6 Å². The number of aromatic carboxylic acids is 1. The van der Waals surface area contributed by atoms with Crippen LogP contribution in [0.25, 0.3) is 0 Å². The van der Waals surface area contributed by atoms with Gasteiger partial charge < -0.3 is 5.11 Å². The topological polar surface area (TPSA) is 74.0 Å². The van der Waals surface area contributed by atoms with Gasteiger partial charge in [-0.2, -0.15) is 5.26 Å². The van der Waals surface area contributed by atoms with E-state index in [0.717, 1.165) is 6.07 Å². The molecule has 0 atom stereocenters. The van der Waals surface area contributed by atoms with Crippen molar-refractivity contribution in [3.63, 3.8) is 0 Å². The Morgan fingerprint density at radius 3 is 2.69 bits per heavy atom. The third-order valence-corrected chi connectivity index (χ3v) is 2.40. The van der Waals surface area contributed by atoms with Crippen molar-refractivity contribution in [2.24, 2.45) is 0 Å². The van der Waals surface area contributed by atoms with E-state index in [2.05, 4.69) is 20.9 Å². The smallest absolute Gasteiger partial charge is 0.336 e. The Bertz CT molecular complexity index is 471. The third-order valence-electron chi connectivity index (χ3n) is 1.84. The van der Waals surface area contributed by atoms with Crippen LogP contribution in [0.3, 0.4) is 0 Å². The summed E-state index contributed by atoms with van der Waals surface area (Å²) in [5.74, 6) is -1.37. The first kappa shape index (κ1) is 12.5. The molecule has 1 N–H and O–H groups in total. The minimum atomic E-state index is -2.92. The molecule has 0 aromatic carbocycles. The second-order valence-electron chi connectivity index (χ2n) is 2.77. The lowest BCUT2D eigenvalue weighted by Gasteiger charge is -2.09. The van der Waals surface area contributed by atoms with Crippen LogP contribution >= 0.6 is 15.9 Å². The Hall–Kier alpha value is -1.55. The summed E-state index contributed by atoms with van der Waals surface area (Å²) in [5.41, 5.74) is -1.45. The van der Waals surface area contributed by atoms with Crippen LogP contribution in [0.1, 0.15) is 33.7 Å². The maximum Gasteiger partial charge on any atom is 0.336 e. The van der Waals surface area contributed by atoms with Gasteiger partial charge in [0.05, 0.1) is 5.56 Å². The standard InChI is InChI=1S/C9H5BrF2N2O2/c10-2-6-5(9(15)16)1-4(3-13)14-7(6)8(11)12/h1,8H,2H2,(H,15,16). The second-order valence-corrected chi connectivity index (χ2v) is 3.33. The molecule has 1 heterocycles. The van der Waals surface area contributed by atoms with Gasteiger partial charge >= 0.3 is 5.97 Å². The van der Waals surface area contributed by atoms with Gasteiger partial charge in [0.2, 0.25) is 0 Å². The van der Waals surface area contributed by atoms with Crippen LogP contribution in [0.2, 0.25) is 0 Å². The minimum absolute atomic E-state index is 0.0625. The highest BCUT2D eigenvalue weighted by Gasteiger charge is 2.22. The minimum Gasteiger partial charge on any atom is -0.478 e. The SMILES string of the molecule is N#Cc1cc(C(=O)O)c(CBr)c(C(F)F)n1. The van der Waals surface area contributed by atoms with Gasteiger partial charge in [-0.1, -0.05) is 15.9 Å². The summed E-state index contributed by atoms with van der Waals surface area (Å²) in [6.07, 6.45) is -2.92. The number of carbonyl (C=O) groups is 1. The number of hydrogen-bond donors (Lipinski definition) is 1. The molecular formula is C9H5BrF2N2O2. The molecule has 0 aliphatic heterocycles. The van der Waals surface area contributed by atoms with Gasteiger partial charge in [0.1, 0.15) is 17.5 Å². The fraction of sp³-hybridized carbons (Fsp3) is 0.222. The Labute approximate surface area is 97.7 Å². The summed E-state index contributed by atoms with van der Waals surface area (Å²) >= 11 is 2.92. The monoisotopic (exact) mass is 290 g/mol. The molecule has 4 nitrogen and oxygen atoms in total. The summed E-state index contributed by atoms with van der Waals surface area (Å²) in [4.78, 5) is 14.2. The molecule has 1 aromatic rings. The van der Waals surface area contributed by atoms with E-state index in [1.54, 1.807) is 6.07 Å². The predicted octanol–water partition coefficient (Wildman–Crippen LogP) is 2.48. The Kier molecular flexibility index (Phi) is 3.90. The van der Waals surface area contributed by atoms with Crippen LogP contribution in [0.4, 0.5) is 8.78 Å². The highest BCUT2D eigenvalue weighted by Crippen LogP contribution is 2.26. The zero-order valence-corrected chi connectivity index (χ0v) is 9.33. The molecule has 0 saturated heterocycles. The molecule has 0 spiro atoms. The van der Waals surface area contributed by atoms with Crippen LogP contribution in [0, 0.1) is 11.3 Å². The highest BCUT2D eigenvalue weighted by molar-refractivity contribution is 9.08. The lowest BCUT2D eigenvalue weighted by Crippen LogP contribution is -2.09. The van der Waals surface area contributed by atoms with Gasteiger partial charge in [-0.15, -0.1) is 0 Å². The summed E-state index contributed by atoms with van der Waals surface area (Å²) in [6.45, 7) is 0. The first-order chi connectivity index (χ1) is 7.51. The molecule has 0 radical (unpaired) electrons. The first-order valence-electron chi connectivity index (χ1n) is 4.02. The Morgan fingerprint density at radius 1 is 1.69 bits per heavy atom. The van der Waals surface area contributed by atoms with Crippen LogP contribution < -0.4 is 0 Å². The van der Waals surface area contributed by atoms with E-state index < -0.39 is 18.1 Å². The average Bonchev–Trinajstić information content (AvgIpc) is 2.26. The molecule has 84 valence electrons. The molecule has 0 aliphatic rings. The molecule has 0 aliphatic carbocycles. The van der Waals surface area contributed by atoms with Crippen molar-refractivity contribution in [2.45, 2.75) is 11.8 Å². The van der Waals surface area contributed by atoms with E-state index >= 15 is 0 Å². The van der Waals surface area contributed by atoms with Crippen LogP contribution in [-0.4, -0.2) is 16.1 Å². The summed E-state index contributed by atoms with van der Waals surface area (Å²) < 4.78 is 25.2. The number of nitriles is 1. The second kappa shape index (κ2) is 4.99. The molecule has 1 aromatic heterocycles. The predicted molar refractivity (Wildman–Crippen MR) is 53.5 cm³/mol. The van der Waals surface area contributed by atoms with E-state index in [-0.39, 0.29) is 22.2 Å². The fourth-order valence-electron chi connectivity index (χ4n) is 1.16. The highest BCUT2D eigenvalue weighted by atomic mass is 79.9. The van der Waals surface area contributed by atoms with E-state index in [1.807, 2.05) is 0 Å². The quantitative estimate of drug-likeness (QED) is 0.868. The molecule has 16 heavy (non-hydrogen) atoms. The zero-order valence-electron chi connectivity index (χ0n) is 7.75. The van der Waals surface area contributed by atoms with Crippen molar-refractivity contribution in [3.05, 3.63) is 28.6 Å². The van der Waals surface area contributed by atoms with Crippen molar-refractivity contribution in [1.82, 2.24) is 4.98 Å². The van der Waals surface area contributed by atoms with Crippen molar-refractivity contribution < 1.29 is 18.7 Å². The number of alkyl halides is 3. The summed E-state index contributed by atoms with van der Waals surface area (Å²) in [6, 6.07) is 2.52. The van der Waals surface area contributed by atoms with Gasteiger partial charge in [-0.05, 0) is 6.07 Å². The van der Waals surface area contributed by atoms with Gasteiger partial charge in [-0.25, -0.2) is 18.6 Å². The zero-order chi connectivity index (χ0) is 12.3. The Morgan fingerprint density at radius 2 is 2.31 bits per heavy atom. The Balaban J connectivity index is 3.54. The van der Waals surface area contributed by atoms with E-state index in [4.69, 9.17) is 10.4 Å². The van der Waals surface area contributed by atoms with Gasteiger partial charge in [0.25, 0.3) is 6.43 Å². The van der Waals surface area contributed by atoms with Crippen LogP contribution in [0.15, 0.2) is 6.07 Å². The number of hydrogen-bond acceptors (Lipinski definition) is 3. The molecule has 0 bridgehead atoms. The number of rotatable bonds is 3. The van der Waals surface area contributed by atoms with Crippen molar-refractivity contribution >= 4 is 21.9 Å². The number of aromatic nitrogens is 1. The van der Waals surface area contributed by atoms with Gasteiger partial charge in [0, 0.05) is 10.9 Å². The molecule has 0 unspecified atom stereocenters. The van der Waals surface area contributed by atoms with Crippen LogP contribution in [-0.2, 0) is 5.33 Å². The van der Waals surface area contributed by atoms with Crippen molar-refractivity contribution in [1.29, 1.82) is 5.26 Å². The number of carboxylic acids is 1. The van der Waals surface area contributed by atoms with E-state index in [0.29, 0.717) is 0 Å². The lowest BCUT2D eigenvalue weighted by atomic mass is 10.1. The number of nitrogens with zero attached hydrogens (tertiary/aromatic N) is 2. The van der Waals surface area contributed by atoms with E-state index in [1.165, 1.54) is 0 Å². The molecule has 0 saturated carbocycles. The molecule has 1 rings (SSSR count). The lowest BCUT2D eigenvalue weighted by molar-refractivity contribution is 0.0695. The largest absolute Gasteiger partial charge is 0.478 e. The van der Waals surface area contributed by atoms with Crippen molar-refractivity contribution in [2.75, 3.05) is 0 Å². The van der Waals surface area contributed by atoms with Gasteiger partial charge in [0.15, 0.2) is 0 Å². The molecule has 0 fully saturated rings. The van der Waals surface area contributed by atoms with Crippen LogP contribution in [0.5, 0.6) is 0 Å². The number of carboxylic acid groups (broad SMARTS) is 1. The van der Waals surface area contributed by atoms with Crippen molar-refractivity contribution in [3.8, 4) is 6.07 Å². The summed E-state index contributed by atoms with van der Waals surface area (Å²) in [5, 5.41) is 17.3. The molecular weight excluding hydrogens is 286 g/mol. The maximum absolute atomic E-state index is 12.6. The average molecular weight is 291 g/mol. The fourth-order valence-corrected chi connectivity index (χ4v) is 1.75.